The second kappa shape index (κ2) is 7.07. The van der Waals surface area contributed by atoms with Crippen LogP contribution in [-0.2, 0) is 4.79 Å². The zero-order valence-corrected chi connectivity index (χ0v) is 15.7. The molecule has 2 aromatic carbocycles. The normalized spacial score (nSPS) is 15.5. The number of nitrogens with one attached hydrogen (secondary N) is 1. The highest BCUT2D eigenvalue weighted by molar-refractivity contribution is 8.26. The van der Waals surface area contributed by atoms with Crippen LogP contribution in [0.5, 0.6) is 0 Å². The van der Waals surface area contributed by atoms with Crippen molar-refractivity contribution in [3.05, 3.63) is 76.3 Å². The summed E-state index contributed by atoms with van der Waals surface area (Å²) in [5.41, 5.74) is 3.37. The van der Waals surface area contributed by atoms with Gasteiger partial charge < -0.3 is 5.32 Å². The van der Waals surface area contributed by atoms with Crippen molar-refractivity contribution in [3.63, 3.8) is 0 Å². The summed E-state index contributed by atoms with van der Waals surface area (Å²) in [6.07, 6.45) is 3.70. The number of thiocarbonyl (C=S) groups is 1. The first-order chi connectivity index (χ1) is 12.6. The number of halogens is 1. The molecule has 4 nitrogen and oxygen atoms in total. The van der Waals surface area contributed by atoms with Gasteiger partial charge in [0, 0.05) is 22.3 Å². The van der Waals surface area contributed by atoms with E-state index in [-0.39, 0.29) is 5.91 Å². The van der Waals surface area contributed by atoms with Crippen molar-refractivity contribution in [2.45, 2.75) is 0 Å². The van der Waals surface area contributed by atoms with Gasteiger partial charge in [0.15, 0.2) is 0 Å². The smallest absolute Gasteiger partial charge is 0.263 e. The van der Waals surface area contributed by atoms with Gasteiger partial charge in [-0.25, -0.2) is 4.68 Å². The largest absolute Gasteiger partial charge is 0.307 e. The predicted octanol–water partition coefficient (Wildman–Crippen LogP) is 4.68. The van der Waals surface area contributed by atoms with Gasteiger partial charge in [0.2, 0.25) is 0 Å². The maximum absolute atomic E-state index is 12.0. The molecule has 0 aliphatic carbocycles. The molecule has 0 unspecified atom stereocenters. The molecule has 0 spiro atoms. The molecule has 1 fully saturated rings. The Labute approximate surface area is 164 Å². The summed E-state index contributed by atoms with van der Waals surface area (Å²) in [6, 6.07) is 17.3. The van der Waals surface area contributed by atoms with Crippen molar-refractivity contribution in [2.75, 3.05) is 0 Å². The summed E-state index contributed by atoms with van der Waals surface area (Å²) in [6.45, 7) is 0. The summed E-state index contributed by atoms with van der Waals surface area (Å²) >= 11 is 12.5. The van der Waals surface area contributed by atoms with E-state index in [1.807, 2.05) is 66.9 Å². The fourth-order valence-corrected chi connectivity index (χ4v) is 3.85. The van der Waals surface area contributed by atoms with Gasteiger partial charge >= 0.3 is 0 Å². The van der Waals surface area contributed by atoms with E-state index in [0.29, 0.717) is 14.2 Å². The highest BCUT2D eigenvalue weighted by atomic mass is 35.5. The second-order valence-corrected chi connectivity index (χ2v) is 7.73. The molecular formula is C19H12ClN3OS2. The molecule has 0 atom stereocenters. The average Bonchev–Trinajstić information content (AvgIpc) is 3.19. The van der Waals surface area contributed by atoms with Gasteiger partial charge in [-0.1, -0.05) is 65.9 Å². The molecule has 7 heteroatoms. The van der Waals surface area contributed by atoms with Crippen LogP contribution in [0, 0.1) is 0 Å². The van der Waals surface area contributed by atoms with Crippen molar-refractivity contribution in [1.29, 1.82) is 0 Å². The van der Waals surface area contributed by atoms with Gasteiger partial charge in [-0.3, -0.25) is 4.79 Å². The summed E-state index contributed by atoms with van der Waals surface area (Å²) in [7, 11) is 0. The zero-order chi connectivity index (χ0) is 18.1. The molecule has 1 aromatic heterocycles. The third kappa shape index (κ3) is 3.44. The lowest BCUT2D eigenvalue weighted by Crippen LogP contribution is -2.17. The summed E-state index contributed by atoms with van der Waals surface area (Å²) in [4.78, 5) is 12.6. The van der Waals surface area contributed by atoms with Gasteiger partial charge in [-0.15, -0.1) is 0 Å². The van der Waals surface area contributed by atoms with E-state index in [1.165, 1.54) is 11.8 Å². The second-order valence-electron chi connectivity index (χ2n) is 5.58. The fraction of sp³-hybridized carbons (Fsp3) is 0. The number of aromatic nitrogens is 2. The van der Waals surface area contributed by atoms with Gasteiger partial charge in [-0.2, -0.15) is 5.10 Å². The predicted molar refractivity (Wildman–Crippen MR) is 110 cm³/mol. The Hall–Kier alpha value is -2.41. The number of benzene rings is 2. The fourth-order valence-electron chi connectivity index (χ4n) is 2.63. The van der Waals surface area contributed by atoms with E-state index in [1.54, 1.807) is 4.68 Å². The van der Waals surface area contributed by atoms with Gasteiger partial charge in [0.25, 0.3) is 5.91 Å². The quantitative estimate of drug-likeness (QED) is 0.514. The van der Waals surface area contributed by atoms with Gasteiger partial charge in [-0.05, 0) is 30.3 Å². The topological polar surface area (TPSA) is 46.9 Å². The first-order valence-electron chi connectivity index (χ1n) is 7.76. The van der Waals surface area contributed by atoms with Crippen LogP contribution >= 0.6 is 35.6 Å². The van der Waals surface area contributed by atoms with Crippen LogP contribution in [0.4, 0.5) is 0 Å². The van der Waals surface area contributed by atoms with Crippen LogP contribution in [0.1, 0.15) is 5.56 Å². The van der Waals surface area contributed by atoms with Gasteiger partial charge in [0.1, 0.15) is 10.0 Å². The van der Waals surface area contributed by atoms with Crippen molar-refractivity contribution in [1.82, 2.24) is 15.1 Å². The number of amides is 1. The summed E-state index contributed by atoms with van der Waals surface area (Å²) in [5.74, 6) is -0.190. The van der Waals surface area contributed by atoms with Crippen LogP contribution in [0.3, 0.4) is 0 Å². The molecule has 128 valence electrons. The minimum Gasteiger partial charge on any atom is -0.307 e. The number of rotatable bonds is 3. The Morgan fingerprint density at radius 3 is 2.65 bits per heavy atom. The molecule has 0 bridgehead atoms. The average molecular weight is 398 g/mol. The lowest BCUT2D eigenvalue weighted by atomic mass is 10.1. The Kier molecular flexibility index (Phi) is 4.63. The first kappa shape index (κ1) is 17.0. The van der Waals surface area contributed by atoms with Crippen molar-refractivity contribution >= 4 is 51.9 Å². The SMILES string of the molecule is O=C1NC(=S)S/C1=C\c1cn(-c2ccccc2)nc1-c1cccc(Cl)c1. The maximum atomic E-state index is 12.0. The highest BCUT2D eigenvalue weighted by Crippen LogP contribution is 2.31. The number of thioether (sulfide) groups is 1. The molecule has 0 saturated carbocycles. The Bertz CT molecular complexity index is 1040. The molecular weight excluding hydrogens is 386 g/mol. The molecule has 3 aromatic rings. The summed E-state index contributed by atoms with van der Waals surface area (Å²) < 4.78 is 2.25. The molecule has 1 amide bonds. The van der Waals surface area contributed by atoms with E-state index < -0.39 is 0 Å². The van der Waals surface area contributed by atoms with Gasteiger partial charge in [0.05, 0.1) is 10.6 Å². The third-order valence-corrected chi connectivity index (χ3v) is 5.19. The molecule has 1 aliphatic heterocycles. The van der Waals surface area contributed by atoms with Crippen LogP contribution in [0.2, 0.25) is 5.02 Å². The van der Waals surface area contributed by atoms with E-state index in [9.17, 15) is 4.79 Å². The highest BCUT2D eigenvalue weighted by Gasteiger charge is 2.23. The van der Waals surface area contributed by atoms with E-state index in [2.05, 4.69) is 5.32 Å². The van der Waals surface area contributed by atoms with Crippen molar-refractivity contribution < 1.29 is 4.79 Å². The minimum absolute atomic E-state index is 0.190. The Morgan fingerprint density at radius 2 is 1.96 bits per heavy atom. The number of hydrogen-bond donors (Lipinski definition) is 1. The first-order valence-corrected chi connectivity index (χ1v) is 9.36. The third-order valence-electron chi connectivity index (χ3n) is 3.79. The number of hydrogen-bond acceptors (Lipinski definition) is 4. The lowest BCUT2D eigenvalue weighted by Gasteiger charge is -2.01. The van der Waals surface area contributed by atoms with Crippen LogP contribution < -0.4 is 5.32 Å². The maximum Gasteiger partial charge on any atom is 0.263 e. The minimum atomic E-state index is -0.190. The lowest BCUT2D eigenvalue weighted by molar-refractivity contribution is -0.115. The van der Waals surface area contributed by atoms with Crippen molar-refractivity contribution in [3.8, 4) is 16.9 Å². The van der Waals surface area contributed by atoms with Crippen molar-refractivity contribution in [2.24, 2.45) is 0 Å². The monoisotopic (exact) mass is 397 g/mol. The standard InChI is InChI=1S/C19H12ClN3OS2/c20-14-6-4-5-12(9-14)17-13(10-16-18(24)21-19(25)26-16)11-23(22-17)15-7-2-1-3-8-15/h1-11H,(H,21,24,25)/b16-10-. The molecule has 0 radical (unpaired) electrons. The molecule has 26 heavy (non-hydrogen) atoms. The van der Waals surface area contributed by atoms with E-state index in [0.717, 1.165) is 22.5 Å². The Balaban J connectivity index is 1.86. The number of para-hydroxylation sites is 1. The molecule has 1 N–H and O–H groups in total. The van der Waals surface area contributed by atoms with E-state index in [4.69, 9.17) is 28.9 Å². The molecule has 1 aliphatic rings. The van der Waals surface area contributed by atoms with Crippen LogP contribution in [-0.4, -0.2) is 20.0 Å². The molecule has 2 heterocycles. The summed E-state index contributed by atoms with van der Waals surface area (Å²) in [5, 5.41) is 7.98. The zero-order valence-electron chi connectivity index (χ0n) is 13.3. The number of carbonyl (C=O) groups is 1. The number of carbonyl (C=O) groups excluding carboxylic acids is 1. The molecule has 1 saturated heterocycles. The van der Waals surface area contributed by atoms with E-state index >= 15 is 0 Å². The van der Waals surface area contributed by atoms with Crippen LogP contribution in [0.15, 0.2) is 65.7 Å². The number of nitrogens with zero attached hydrogens (tertiary/aromatic N) is 2. The molecule has 4 rings (SSSR count). The van der Waals surface area contributed by atoms with Crippen LogP contribution in [0.25, 0.3) is 23.0 Å². The Morgan fingerprint density at radius 1 is 1.15 bits per heavy atom.